The van der Waals surface area contributed by atoms with Crippen LogP contribution in [0.3, 0.4) is 0 Å². The molecule has 6 rings (SSSR count). The van der Waals surface area contributed by atoms with Gasteiger partial charge in [0.2, 0.25) is 0 Å². The van der Waals surface area contributed by atoms with Crippen LogP contribution < -0.4 is 25.8 Å². The molecular weight excluding hydrogens is 481 g/mol. The number of nitrogens with two attached hydrogens (primary N) is 1. The number of fused-ring (bicyclic) bond motifs is 1. The van der Waals surface area contributed by atoms with Gasteiger partial charge in [0.15, 0.2) is 0 Å². The summed E-state index contributed by atoms with van der Waals surface area (Å²) in [6, 6.07) is 14.4. The van der Waals surface area contributed by atoms with Crippen molar-refractivity contribution in [3.05, 3.63) is 89.1 Å². The quantitative estimate of drug-likeness (QED) is 0.314. The van der Waals surface area contributed by atoms with Gasteiger partial charge >= 0.3 is 0 Å². The van der Waals surface area contributed by atoms with Gasteiger partial charge in [-0.15, -0.1) is 0 Å². The van der Waals surface area contributed by atoms with Crippen molar-refractivity contribution < 1.29 is 13.9 Å². The minimum absolute atomic E-state index is 0.374. The molecule has 7 nitrogen and oxygen atoms in total. The zero-order valence-electron chi connectivity index (χ0n) is 21.0. The first kappa shape index (κ1) is 23.5. The number of nitrogens with one attached hydrogen (secondary N) is 2. The molecule has 1 fully saturated rings. The number of benzene rings is 2. The van der Waals surface area contributed by atoms with Crippen molar-refractivity contribution in [3.8, 4) is 34.0 Å². The molecule has 4 N–H and O–H groups in total. The smallest absolute Gasteiger partial charge is 0.127 e. The van der Waals surface area contributed by atoms with Crippen LogP contribution in [0.4, 0.5) is 4.39 Å². The Morgan fingerprint density at radius 2 is 1.87 bits per heavy atom. The van der Waals surface area contributed by atoms with Crippen LogP contribution in [-0.2, 0) is 0 Å². The summed E-state index contributed by atoms with van der Waals surface area (Å²) in [6.07, 6.45) is 9.20. The van der Waals surface area contributed by atoms with Gasteiger partial charge in [0.05, 0.1) is 37.0 Å². The minimum atomic E-state index is -0.374. The van der Waals surface area contributed by atoms with Crippen molar-refractivity contribution in [3.63, 3.8) is 0 Å². The molecule has 38 heavy (non-hydrogen) atoms. The van der Waals surface area contributed by atoms with E-state index in [1.807, 2.05) is 30.3 Å². The normalized spacial score (nSPS) is 13.8. The summed E-state index contributed by atoms with van der Waals surface area (Å²) in [4.78, 5) is 7.85. The lowest BCUT2D eigenvalue weighted by molar-refractivity contribution is 0.411. The van der Waals surface area contributed by atoms with Crippen LogP contribution in [0.25, 0.3) is 50.6 Å². The van der Waals surface area contributed by atoms with Gasteiger partial charge in [-0.3, -0.25) is 10.1 Å². The number of ether oxygens (including phenoxy) is 2. The Balaban J connectivity index is 1.52. The fourth-order valence-corrected chi connectivity index (χ4v) is 4.71. The summed E-state index contributed by atoms with van der Waals surface area (Å²) < 4.78 is 25.0. The average molecular weight is 508 g/mol. The maximum atomic E-state index is 14.3. The lowest BCUT2D eigenvalue weighted by atomic mass is 10.0. The van der Waals surface area contributed by atoms with Crippen LogP contribution in [0.1, 0.15) is 18.4 Å². The molecule has 0 amide bonds. The Kier molecular flexibility index (Phi) is 5.92. The van der Waals surface area contributed by atoms with Gasteiger partial charge < -0.3 is 20.2 Å². The predicted octanol–water partition coefficient (Wildman–Crippen LogP) is 4.50. The fourth-order valence-electron chi connectivity index (χ4n) is 4.71. The zero-order chi connectivity index (χ0) is 26.2. The second kappa shape index (κ2) is 9.55. The molecule has 8 heteroatoms. The van der Waals surface area contributed by atoms with Gasteiger partial charge in [0.25, 0.3) is 0 Å². The standard InChI is InChI=1S/C30H26FN5O2/c1-37-22-5-3-4-18(9-22)20(14-32)11-25-29(17-6-7-17)35-36-30(25)27-13-24-26(15-33-16-28(24)34-27)19-8-21(31)12-23(10-19)38-2/h3-5,8-16,34-35H,6-7,32H2,1-2H3/b20-14+,25-11+. The van der Waals surface area contributed by atoms with Gasteiger partial charge in [0, 0.05) is 34.6 Å². The summed E-state index contributed by atoms with van der Waals surface area (Å²) in [6.45, 7) is 0. The predicted molar refractivity (Wildman–Crippen MR) is 147 cm³/mol. The minimum Gasteiger partial charge on any atom is -0.497 e. The number of H-pyrrole nitrogens is 2. The zero-order valence-corrected chi connectivity index (χ0v) is 21.0. The van der Waals surface area contributed by atoms with E-state index < -0.39 is 0 Å². The number of hydrogen-bond acceptors (Lipinski definition) is 5. The maximum absolute atomic E-state index is 14.3. The molecule has 5 aromatic rings. The highest BCUT2D eigenvalue weighted by atomic mass is 19.1. The molecule has 0 spiro atoms. The number of nitrogens with zero attached hydrogens (tertiary/aromatic N) is 2. The van der Waals surface area contributed by atoms with Crippen LogP contribution in [0.2, 0.25) is 0 Å². The monoisotopic (exact) mass is 507 g/mol. The van der Waals surface area contributed by atoms with E-state index in [1.54, 1.807) is 31.8 Å². The number of hydrogen-bond donors (Lipinski definition) is 3. The van der Waals surface area contributed by atoms with E-state index in [-0.39, 0.29) is 5.82 Å². The molecular formula is C30H26FN5O2. The summed E-state index contributed by atoms with van der Waals surface area (Å²) in [7, 11) is 3.16. The van der Waals surface area contributed by atoms with Crippen LogP contribution in [0, 0.1) is 5.82 Å². The Labute approximate surface area is 218 Å². The number of rotatable bonds is 6. The summed E-state index contributed by atoms with van der Waals surface area (Å²) in [5.74, 6) is 0.826. The van der Waals surface area contributed by atoms with Gasteiger partial charge in [0.1, 0.15) is 23.0 Å². The number of methoxy groups -OCH3 is 2. The van der Waals surface area contributed by atoms with Crippen molar-refractivity contribution in [2.45, 2.75) is 12.8 Å². The van der Waals surface area contributed by atoms with Gasteiger partial charge in [-0.05, 0) is 71.5 Å². The van der Waals surface area contributed by atoms with E-state index in [0.29, 0.717) is 11.3 Å². The lowest BCUT2D eigenvalue weighted by Crippen LogP contribution is -2.24. The van der Waals surface area contributed by atoms with Gasteiger partial charge in [-0.2, -0.15) is 5.10 Å². The van der Waals surface area contributed by atoms with E-state index in [2.05, 4.69) is 21.1 Å². The largest absolute Gasteiger partial charge is 0.497 e. The fraction of sp³-hybridized carbons (Fsp3) is 0.133. The number of halogens is 1. The highest BCUT2D eigenvalue weighted by Crippen LogP contribution is 2.33. The van der Waals surface area contributed by atoms with E-state index in [4.69, 9.17) is 20.3 Å². The SMILES string of the molecule is COc1cccc(C(/C=c2/c(-c3cc4c(-c5cc(F)cc(OC)c5)cncc4[nH]3)n[nH]c2=C2CC2)=C/N)c1. The first-order valence-electron chi connectivity index (χ1n) is 12.2. The molecule has 0 aliphatic heterocycles. The first-order valence-corrected chi connectivity index (χ1v) is 12.2. The second-order valence-electron chi connectivity index (χ2n) is 9.17. The lowest BCUT2D eigenvalue weighted by Gasteiger charge is -2.06. The maximum Gasteiger partial charge on any atom is 0.127 e. The third-order valence-electron chi connectivity index (χ3n) is 6.76. The van der Waals surface area contributed by atoms with Gasteiger partial charge in [-0.25, -0.2) is 4.39 Å². The van der Waals surface area contributed by atoms with Crippen LogP contribution in [0.5, 0.6) is 11.5 Å². The van der Waals surface area contributed by atoms with Crippen molar-refractivity contribution in [2.24, 2.45) is 5.73 Å². The van der Waals surface area contributed by atoms with Crippen molar-refractivity contribution in [1.29, 1.82) is 0 Å². The number of allylic oxidation sites excluding steroid dienone is 1. The Bertz CT molecular complexity index is 1830. The highest BCUT2D eigenvalue weighted by molar-refractivity contribution is 5.98. The molecule has 2 aromatic carbocycles. The van der Waals surface area contributed by atoms with Crippen LogP contribution in [-0.4, -0.2) is 34.4 Å². The third kappa shape index (κ3) is 4.30. The van der Waals surface area contributed by atoms with Crippen molar-refractivity contribution >= 4 is 28.1 Å². The Morgan fingerprint density at radius 1 is 1.03 bits per heavy atom. The molecule has 0 unspecified atom stereocenters. The summed E-state index contributed by atoms with van der Waals surface area (Å²) in [5, 5.41) is 10.8. The molecule has 3 heterocycles. The Morgan fingerprint density at radius 3 is 2.63 bits per heavy atom. The second-order valence-corrected chi connectivity index (χ2v) is 9.17. The number of aromatic nitrogens is 4. The van der Waals surface area contributed by atoms with Crippen LogP contribution in [0.15, 0.2) is 67.1 Å². The number of pyridine rings is 1. The molecule has 0 bridgehead atoms. The molecule has 0 radical (unpaired) electrons. The van der Waals surface area contributed by atoms with Crippen LogP contribution >= 0.6 is 0 Å². The number of aromatic amines is 2. The van der Waals surface area contributed by atoms with E-state index in [9.17, 15) is 4.39 Å². The van der Waals surface area contributed by atoms with Crippen molar-refractivity contribution in [1.82, 2.24) is 20.2 Å². The van der Waals surface area contributed by atoms with E-state index in [1.165, 1.54) is 24.8 Å². The van der Waals surface area contributed by atoms with E-state index >= 15 is 0 Å². The van der Waals surface area contributed by atoms with Crippen molar-refractivity contribution in [2.75, 3.05) is 14.2 Å². The Hall–Kier alpha value is -4.85. The molecule has 3 aromatic heterocycles. The van der Waals surface area contributed by atoms with E-state index in [0.717, 1.165) is 68.1 Å². The molecule has 1 aliphatic carbocycles. The summed E-state index contributed by atoms with van der Waals surface area (Å²) in [5.41, 5.74) is 13.1. The summed E-state index contributed by atoms with van der Waals surface area (Å²) >= 11 is 0. The highest BCUT2D eigenvalue weighted by Gasteiger charge is 2.19. The molecule has 1 saturated carbocycles. The average Bonchev–Trinajstić information content (AvgIpc) is 3.55. The molecule has 190 valence electrons. The molecule has 0 atom stereocenters. The topological polar surface area (TPSA) is 102 Å². The molecule has 0 saturated heterocycles. The first-order chi connectivity index (χ1) is 18.6. The third-order valence-corrected chi connectivity index (χ3v) is 6.76. The molecule has 1 aliphatic rings. The van der Waals surface area contributed by atoms with Gasteiger partial charge in [-0.1, -0.05) is 12.1 Å².